The van der Waals surface area contributed by atoms with Crippen LogP contribution >= 0.6 is 70.4 Å². The maximum Gasteiger partial charge on any atom is 0.413 e. The van der Waals surface area contributed by atoms with E-state index in [-0.39, 0.29) is 30.4 Å². The Bertz CT molecular complexity index is 689. The highest BCUT2D eigenvalue weighted by Crippen LogP contribution is 2.31. The number of benzene rings is 1. The number of alkyl halides is 3. The van der Waals surface area contributed by atoms with Gasteiger partial charge in [-0.05, 0) is 31.0 Å². The molecule has 1 fully saturated rings. The van der Waals surface area contributed by atoms with Crippen molar-refractivity contribution in [3.8, 4) is 0 Å². The van der Waals surface area contributed by atoms with Crippen molar-refractivity contribution in [1.82, 2.24) is 4.90 Å². The van der Waals surface area contributed by atoms with Gasteiger partial charge >= 0.3 is 6.09 Å². The highest BCUT2D eigenvalue weighted by molar-refractivity contribution is 6.50. The lowest BCUT2D eigenvalue weighted by atomic mass is 10.0. The first-order valence-corrected chi connectivity index (χ1v) is 11.1. The van der Waals surface area contributed by atoms with Crippen molar-refractivity contribution in [3.63, 3.8) is 0 Å². The van der Waals surface area contributed by atoms with E-state index in [1.807, 2.05) is 6.07 Å². The molecule has 1 N–H and O–H groups in total. The van der Waals surface area contributed by atoms with Gasteiger partial charge in [-0.2, -0.15) is 0 Å². The number of nitrogens with one attached hydrogen (secondary N) is 1. The van der Waals surface area contributed by atoms with Crippen molar-refractivity contribution in [2.45, 2.75) is 48.7 Å². The summed E-state index contributed by atoms with van der Waals surface area (Å²) >= 11 is 29.7. The number of anilines is 1. The summed E-state index contributed by atoms with van der Waals surface area (Å²) in [6, 6.07) is 5.23. The van der Waals surface area contributed by atoms with Gasteiger partial charge in [-0.15, -0.1) is 30.6 Å². The second kappa shape index (κ2) is 12.6. The van der Waals surface area contributed by atoms with Crippen molar-refractivity contribution in [2.75, 3.05) is 17.7 Å². The Labute approximate surface area is 203 Å². The third-order valence-electron chi connectivity index (χ3n) is 4.60. The standard InChI is InChI=1S/C19H23Cl5N2O2.ClH/c1-2-10-26(18(27)28-19(23,24)12-20)17-7-5-3-4-6-16(17)25-13-8-9-14(21)15(22)11-13;/h2,8-9,11,16-17,25H,1,3-7,10,12H2;1H. The monoisotopic (exact) mass is 522 g/mol. The largest absolute Gasteiger partial charge is 0.413 e. The average molecular weight is 525 g/mol. The third-order valence-corrected chi connectivity index (χ3v) is 6.41. The molecule has 2 unspecified atom stereocenters. The molecule has 0 aromatic heterocycles. The Kier molecular flexibility index (Phi) is 11.6. The van der Waals surface area contributed by atoms with Crippen LogP contribution in [0, 0.1) is 0 Å². The number of halogens is 6. The summed E-state index contributed by atoms with van der Waals surface area (Å²) in [7, 11) is 0. The number of hydrogen-bond donors (Lipinski definition) is 1. The van der Waals surface area contributed by atoms with E-state index in [9.17, 15) is 4.79 Å². The molecule has 0 bridgehead atoms. The minimum atomic E-state index is -1.78. The van der Waals surface area contributed by atoms with Gasteiger partial charge in [0.05, 0.1) is 22.0 Å². The predicted octanol–water partition coefficient (Wildman–Crippen LogP) is 7.52. The Morgan fingerprint density at radius 1 is 1.24 bits per heavy atom. The van der Waals surface area contributed by atoms with E-state index in [4.69, 9.17) is 62.7 Å². The van der Waals surface area contributed by atoms with Crippen LogP contribution in [0.4, 0.5) is 10.5 Å². The number of carbonyl (C=O) groups is 1. The normalized spacial score (nSPS) is 19.5. The van der Waals surface area contributed by atoms with Crippen LogP contribution < -0.4 is 5.32 Å². The molecule has 1 amide bonds. The van der Waals surface area contributed by atoms with Crippen LogP contribution in [0.5, 0.6) is 0 Å². The molecule has 2 rings (SSSR count). The third kappa shape index (κ3) is 8.08. The number of nitrogens with zero attached hydrogens (tertiary/aromatic N) is 1. The number of amides is 1. The van der Waals surface area contributed by atoms with E-state index in [0.717, 1.165) is 37.8 Å². The second-order valence-electron chi connectivity index (χ2n) is 6.67. The van der Waals surface area contributed by atoms with Crippen LogP contribution in [0.3, 0.4) is 0 Å². The highest BCUT2D eigenvalue weighted by Gasteiger charge is 2.36. The number of hydrogen-bond acceptors (Lipinski definition) is 3. The lowest BCUT2D eigenvalue weighted by Crippen LogP contribution is -2.50. The maximum absolute atomic E-state index is 12.8. The van der Waals surface area contributed by atoms with Gasteiger partial charge in [0.1, 0.15) is 0 Å². The number of rotatable bonds is 7. The summed E-state index contributed by atoms with van der Waals surface area (Å²) in [5, 5.41) is 4.45. The van der Waals surface area contributed by atoms with Crippen molar-refractivity contribution < 1.29 is 9.53 Å². The first-order chi connectivity index (χ1) is 13.3. The molecule has 1 saturated carbocycles. The van der Waals surface area contributed by atoms with Gasteiger partial charge in [-0.25, -0.2) is 4.79 Å². The smallest absolute Gasteiger partial charge is 0.411 e. The van der Waals surface area contributed by atoms with Crippen molar-refractivity contribution >= 4 is 82.2 Å². The molecular weight excluding hydrogens is 501 g/mol. The Hall–Kier alpha value is -0.230. The summed E-state index contributed by atoms with van der Waals surface area (Å²) in [4.78, 5) is 14.4. The molecule has 10 heteroatoms. The lowest BCUT2D eigenvalue weighted by Gasteiger charge is -2.37. The molecule has 1 aliphatic rings. The molecule has 1 aliphatic carbocycles. The molecule has 0 saturated heterocycles. The van der Waals surface area contributed by atoms with Gasteiger partial charge < -0.3 is 10.1 Å². The van der Waals surface area contributed by atoms with Crippen molar-refractivity contribution in [3.05, 3.63) is 40.9 Å². The Balaban J connectivity index is 0.00000420. The molecule has 0 spiro atoms. The molecule has 29 heavy (non-hydrogen) atoms. The quantitative estimate of drug-likeness (QED) is 0.228. The van der Waals surface area contributed by atoms with E-state index in [0.29, 0.717) is 16.6 Å². The van der Waals surface area contributed by atoms with Gasteiger partial charge in [0.25, 0.3) is 4.52 Å². The van der Waals surface area contributed by atoms with Crippen LogP contribution in [0.2, 0.25) is 10.0 Å². The first-order valence-electron chi connectivity index (χ1n) is 9.03. The fraction of sp³-hybridized carbons (Fsp3) is 0.526. The molecule has 0 aliphatic heterocycles. The molecule has 1 aromatic carbocycles. The van der Waals surface area contributed by atoms with Crippen molar-refractivity contribution in [1.29, 1.82) is 0 Å². The van der Waals surface area contributed by atoms with E-state index >= 15 is 0 Å². The predicted molar refractivity (Wildman–Crippen MR) is 127 cm³/mol. The van der Waals surface area contributed by atoms with Gasteiger partial charge in [0.15, 0.2) is 0 Å². The minimum Gasteiger partial charge on any atom is -0.411 e. The Morgan fingerprint density at radius 2 is 1.93 bits per heavy atom. The summed E-state index contributed by atoms with van der Waals surface area (Å²) in [5.74, 6) is -0.237. The first kappa shape index (κ1) is 26.8. The van der Waals surface area contributed by atoms with Gasteiger partial charge in [0, 0.05) is 18.3 Å². The van der Waals surface area contributed by atoms with E-state index in [2.05, 4.69) is 11.9 Å². The number of ether oxygens (including phenoxy) is 1. The zero-order chi connectivity index (χ0) is 20.7. The summed E-state index contributed by atoms with van der Waals surface area (Å²) in [6.45, 7) is 4.05. The van der Waals surface area contributed by atoms with Gasteiger partial charge in [-0.1, -0.05) is 71.7 Å². The maximum atomic E-state index is 12.8. The minimum absolute atomic E-state index is 0. The summed E-state index contributed by atoms with van der Waals surface area (Å²) in [5.41, 5.74) is 0.836. The average Bonchev–Trinajstić information content (AvgIpc) is 2.87. The Morgan fingerprint density at radius 3 is 2.55 bits per heavy atom. The fourth-order valence-corrected chi connectivity index (χ4v) is 3.81. The van der Waals surface area contributed by atoms with E-state index in [1.165, 1.54) is 0 Å². The molecule has 0 radical (unpaired) electrons. The van der Waals surface area contributed by atoms with Crippen molar-refractivity contribution in [2.24, 2.45) is 0 Å². The SMILES string of the molecule is C=CCN(C(=O)OC(Cl)(Cl)CCl)C1CCCCCC1Nc1ccc(Cl)c(Cl)c1.Cl. The van der Waals surface area contributed by atoms with Crippen LogP contribution in [-0.4, -0.2) is 40.0 Å². The zero-order valence-corrected chi connectivity index (χ0v) is 20.3. The zero-order valence-electron chi connectivity index (χ0n) is 15.7. The van der Waals surface area contributed by atoms with Crippen LogP contribution in [0.1, 0.15) is 32.1 Å². The second-order valence-corrected chi connectivity index (χ2v) is 9.16. The van der Waals surface area contributed by atoms with E-state index < -0.39 is 10.6 Å². The fourth-order valence-electron chi connectivity index (χ4n) is 3.33. The highest BCUT2D eigenvalue weighted by atomic mass is 35.5. The van der Waals surface area contributed by atoms with Crippen LogP contribution in [0.15, 0.2) is 30.9 Å². The summed E-state index contributed by atoms with van der Waals surface area (Å²) in [6.07, 6.45) is 5.83. The van der Waals surface area contributed by atoms with E-state index in [1.54, 1.807) is 23.1 Å². The molecule has 164 valence electrons. The molecule has 1 aromatic rings. The molecule has 2 atom stereocenters. The molecule has 0 heterocycles. The van der Waals surface area contributed by atoms with Crippen LogP contribution in [0.25, 0.3) is 0 Å². The number of carbonyl (C=O) groups excluding carboxylic acids is 1. The topological polar surface area (TPSA) is 41.6 Å². The van der Waals surface area contributed by atoms with Crippen LogP contribution in [-0.2, 0) is 4.74 Å². The molecular formula is C19H24Cl6N2O2. The lowest BCUT2D eigenvalue weighted by molar-refractivity contribution is 0.0688. The van der Waals surface area contributed by atoms with Gasteiger partial charge in [-0.3, -0.25) is 4.90 Å². The molecule has 4 nitrogen and oxygen atoms in total. The summed E-state index contributed by atoms with van der Waals surface area (Å²) < 4.78 is 3.42. The van der Waals surface area contributed by atoms with Gasteiger partial charge in [0.2, 0.25) is 0 Å².